The summed E-state index contributed by atoms with van der Waals surface area (Å²) in [4.78, 5) is 8.81. The molecule has 0 aliphatic rings. The van der Waals surface area contributed by atoms with Crippen molar-refractivity contribution in [3.63, 3.8) is 0 Å². The van der Waals surface area contributed by atoms with Crippen LogP contribution in [-0.4, -0.2) is 26.8 Å². The van der Waals surface area contributed by atoms with Crippen molar-refractivity contribution in [3.05, 3.63) is 84.9 Å². The largest absolute Gasteiger partial charge is 0.504 e. The molecule has 0 aliphatic carbocycles. The van der Waals surface area contributed by atoms with Crippen LogP contribution < -0.4 is 4.74 Å². The van der Waals surface area contributed by atoms with E-state index in [4.69, 9.17) is 4.74 Å². The first kappa shape index (κ1) is 16.8. The summed E-state index contributed by atoms with van der Waals surface area (Å²) in [6, 6.07) is 19.5. The number of aromatic nitrogens is 3. The van der Waals surface area contributed by atoms with E-state index >= 15 is 0 Å². The molecule has 0 saturated heterocycles. The van der Waals surface area contributed by atoms with E-state index in [1.807, 2.05) is 48.8 Å². The lowest BCUT2D eigenvalue weighted by Crippen LogP contribution is -2.01. The number of hydrogen-bond donors (Lipinski definition) is 1. The number of nitrogens with zero attached hydrogens (tertiary/aromatic N) is 3. The maximum absolute atomic E-state index is 9.84. The first-order valence-electron chi connectivity index (χ1n) is 8.63. The number of pyridine rings is 1. The third kappa shape index (κ3) is 3.40. The summed E-state index contributed by atoms with van der Waals surface area (Å²) in [7, 11) is 1.55. The predicted molar refractivity (Wildman–Crippen MR) is 105 cm³/mol. The molecule has 134 valence electrons. The van der Waals surface area contributed by atoms with Gasteiger partial charge in [-0.25, -0.2) is 4.98 Å². The maximum atomic E-state index is 9.84. The zero-order valence-corrected chi connectivity index (χ0v) is 14.9. The maximum Gasteiger partial charge on any atom is 0.160 e. The third-order valence-electron chi connectivity index (χ3n) is 4.44. The van der Waals surface area contributed by atoms with Crippen LogP contribution in [0.5, 0.6) is 11.5 Å². The van der Waals surface area contributed by atoms with Gasteiger partial charge in [-0.3, -0.25) is 4.98 Å². The van der Waals surface area contributed by atoms with Crippen LogP contribution in [0.4, 0.5) is 0 Å². The molecule has 1 N–H and O–H groups in total. The SMILES string of the molecule is COc1cc(Cn2cnc(-c3ccccc3)c2-c2ccncc2)ccc1O. The van der Waals surface area contributed by atoms with Crippen LogP contribution in [0.2, 0.25) is 0 Å². The Morgan fingerprint density at radius 3 is 2.48 bits per heavy atom. The Bertz CT molecular complexity index is 1040. The number of phenolic OH excluding ortho intramolecular Hbond substituents is 1. The highest BCUT2D eigenvalue weighted by Gasteiger charge is 2.15. The zero-order chi connectivity index (χ0) is 18.6. The van der Waals surface area contributed by atoms with Crippen LogP contribution in [0.25, 0.3) is 22.5 Å². The van der Waals surface area contributed by atoms with Gasteiger partial charge in [0.2, 0.25) is 0 Å². The van der Waals surface area contributed by atoms with Gasteiger partial charge in [0.05, 0.1) is 24.8 Å². The molecule has 4 rings (SSSR count). The van der Waals surface area contributed by atoms with Crippen molar-refractivity contribution in [2.24, 2.45) is 0 Å². The fourth-order valence-electron chi connectivity index (χ4n) is 3.14. The molecular weight excluding hydrogens is 338 g/mol. The Kier molecular flexibility index (Phi) is 4.58. The summed E-state index contributed by atoms with van der Waals surface area (Å²) >= 11 is 0. The van der Waals surface area contributed by atoms with E-state index in [0.29, 0.717) is 12.3 Å². The summed E-state index contributed by atoms with van der Waals surface area (Å²) in [6.45, 7) is 0.605. The van der Waals surface area contributed by atoms with Crippen molar-refractivity contribution in [3.8, 4) is 34.0 Å². The molecule has 0 fully saturated rings. The van der Waals surface area contributed by atoms with Crippen molar-refractivity contribution in [1.29, 1.82) is 0 Å². The second-order valence-corrected chi connectivity index (χ2v) is 6.18. The molecular formula is C22H19N3O2. The average Bonchev–Trinajstić information content (AvgIpc) is 3.14. The number of rotatable bonds is 5. The smallest absolute Gasteiger partial charge is 0.160 e. The molecule has 2 heterocycles. The van der Waals surface area contributed by atoms with Gasteiger partial charge in [-0.15, -0.1) is 0 Å². The highest BCUT2D eigenvalue weighted by Crippen LogP contribution is 2.32. The first-order valence-corrected chi connectivity index (χ1v) is 8.63. The van der Waals surface area contributed by atoms with Gasteiger partial charge in [0.1, 0.15) is 0 Å². The first-order chi connectivity index (χ1) is 13.3. The van der Waals surface area contributed by atoms with Gasteiger partial charge in [-0.05, 0) is 29.8 Å². The van der Waals surface area contributed by atoms with Gasteiger partial charge >= 0.3 is 0 Å². The number of methoxy groups -OCH3 is 1. The lowest BCUT2D eigenvalue weighted by Gasteiger charge is -2.12. The van der Waals surface area contributed by atoms with Gasteiger partial charge in [-0.2, -0.15) is 0 Å². The number of hydrogen-bond acceptors (Lipinski definition) is 4. The number of benzene rings is 2. The molecule has 2 aromatic carbocycles. The lowest BCUT2D eigenvalue weighted by molar-refractivity contribution is 0.373. The molecule has 5 nitrogen and oxygen atoms in total. The average molecular weight is 357 g/mol. The molecule has 0 saturated carbocycles. The minimum absolute atomic E-state index is 0.131. The van der Waals surface area contributed by atoms with Gasteiger partial charge in [0.25, 0.3) is 0 Å². The van der Waals surface area contributed by atoms with Crippen LogP contribution in [0.3, 0.4) is 0 Å². The highest BCUT2D eigenvalue weighted by atomic mass is 16.5. The summed E-state index contributed by atoms with van der Waals surface area (Å²) in [5, 5.41) is 9.84. The summed E-state index contributed by atoms with van der Waals surface area (Å²) in [5.41, 5.74) is 5.07. The van der Waals surface area contributed by atoms with Gasteiger partial charge in [0, 0.05) is 30.1 Å². The van der Waals surface area contributed by atoms with E-state index in [1.165, 1.54) is 0 Å². The zero-order valence-electron chi connectivity index (χ0n) is 14.9. The summed E-state index contributed by atoms with van der Waals surface area (Å²) < 4.78 is 7.33. The number of phenols is 1. The van der Waals surface area contributed by atoms with Crippen LogP contribution in [0, 0.1) is 0 Å². The normalized spacial score (nSPS) is 10.7. The second kappa shape index (κ2) is 7.33. The Morgan fingerprint density at radius 2 is 1.74 bits per heavy atom. The molecule has 27 heavy (non-hydrogen) atoms. The van der Waals surface area contributed by atoms with E-state index < -0.39 is 0 Å². The van der Waals surface area contributed by atoms with Gasteiger partial charge in [0.15, 0.2) is 11.5 Å². The second-order valence-electron chi connectivity index (χ2n) is 6.18. The van der Waals surface area contributed by atoms with E-state index in [-0.39, 0.29) is 5.75 Å². The topological polar surface area (TPSA) is 60.2 Å². The molecule has 2 aromatic heterocycles. The van der Waals surface area contributed by atoms with E-state index in [9.17, 15) is 5.11 Å². The Labute approximate surface area is 157 Å². The quantitative estimate of drug-likeness (QED) is 0.576. The van der Waals surface area contributed by atoms with Crippen molar-refractivity contribution >= 4 is 0 Å². The molecule has 0 radical (unpaired) electrons. The van der Waals surface area contributed by atoms with Gasteiger partial charge in [-0.1, -0.05) is 36.4 Å². The van der Waals surface area contributed by atoms with Crippen LogP contribution >= 0.6 is 0 Å². The minimum Gasteiger partial charge on any atom is -0.504 e. The molecule has 0 unspecified atom stereocenters. The van der Waals surface area contributed by atoms with Crippen LogP contribution in [0.15, 0.2) is 79.4 Å². The molecule has 5 heteroatoms. The van der Waals surface area contributed by atoms with Gasteiger partial charge < -0.3 is 14.4 Å². The van der Waals surface area contributed by atoms with Crippen molar-refractivity contribution < 1.29 is 9.84 Å². The van der Waals surface area contributed by atoms with Crippen LogP contribution in [-0.2, 0) is 6.54 Å². The summed E-state index contributed by atoms with van der Waals surface area (Å²) in [6.07, 6.45) is 5.41. The Morgan fingerprint density at radius 1 is 0.963 bits per heavy atom. The summed E-state index contributed by atoms with van der Waals surface area (Å²) in [5.74, 6) is 0.590. The third-order valence-corrected chi connectivity index (χ3v) is 4.44. The fraction of sp³-hybridized carbons (Fsp3) is 0.0909. The number of imidazole rings is 1. The molecule has 0 spiro atoms. The van der Waals surface area contributed by atoms with Crippen molar-refractivity contribution in [2.75, 3.05) is 7.11 Å². The monoisotopic (exact) mass is 357 g/mol. The van der Waals surface area contributed by atoms with Crippen LogP contribution in [0.1, 0.15) is 5.56 Å². The lowest BCUT2D eigenvalue weighted by atomic mass is 10.1. The highest BCUT2D eigenvalue weighted by molar-refractivity contribution is 5.78. The molecule has 4 aromatic rings. The Hall–Kier alpha value is -3.60. The molecule has 0 amide bonds. The minimum atomic E-state index is 0.131. The number of aromatic hydroxyl groups is 1. The van der Waals surface area contributed by atoms with Crippen molar-refractivity contribution in [2.45, 2.75) is 6.54 Å². The standard InChI is InChI=1S/C22H19N3O2/c1-27-20-13-16(7-8-19(20)26)14-25-15-24-21(17-5-3-2-4-6-17)22(25)18-9-11-23-12-10-18/h2-13,15,26H,14H2,1H3. The molecule has 0 bridgehead atoms. The van der Waals surface area contributed by atoms with Crippen molar-refractivity contribution in [1.82, 2.24) is 14.5 Å². The van der Waals surface area contributed by atoms with E-state index in [0.717, 1.165) is 28.1 Å². The van der Waals surface area contributed by atoms with E-state index in [1.54, 1.807) is 25.6 Å². The Balaban J connectivity index is 1.81. The predicted octanol–water partition coefficient (Wildman–Crippen LogP) is 4.37. The fourth-order valence-corrected chi connectivity index (χ4v) is 3.14. The van der Waals surface area contributed by atoms with E-state index in [2.05, 4.69) is 26.7 Å². The number of ether oxygens (including phenoxy) is 1. The molecule has 0 aliphatic heterocycles. The molecule has 0 atom stereocenters.